The number of sulfone groups is 1. The van der Waals surface area contributed by atoms with Crippen molar-refractivity contribution in [3.05, 3.63) is 41.6 Å². The lowest BCUT2D eigenvalue weighted by Crippen LogP contribution is -2.45. The molecular formula is C27H34ClN5O9S. The van der Waals surface area contributed by atoms with Crippen molar-refractivity contribution < 1.29 is 41.7 Å². The second kappa shape index (κ2) is 13.5. The minimum atomic E-state index is -3.61. The number of aromatic nitrogens is 3. The van der Waals surface area contributed by atoms with Gasteiger partial charge in [-0.2, -0.15) is 4.98 Å². The Balaban J connectivity index is 1.91. The van der Waals surface area contributed by atoms with Crippen LogP contribution < -0.4 is 15.0 Å². The van der Waals surface area contributed by atoms with Gasteiger partial charge in [-0.15, -0.1) is 5.10 Å². The van der Waals surface area contributed by atoms with Gasteiger partial charge in [-0.3, -0.25) is 0 Å². The van der Waals surface area contributed by atoms with Crippen LogP contribution >= 0.6 is 11.6 Å². The molecule has 2 aromatic heterocycles. The minimum Gasteiger partial charge on any atom is -0.495 e. The molecule has 0 radical (unpaired) electrons. The zero-order valence-electron chi connectivity index (χ0n) is 24.8. The number of nitrogens with zero attached hydrogens (tertiary/aromatic N) is 4. The second-order valence-corrected chi connectivity index (χ2v) is 12.8. The molecule has 0 bridgehead atoms. The monoisotopic (exact) mass is 639 g/mol. The fourth-order valence-electron chi connectivity index (χ4n) is 3.75. The molecule has 234 valence electrons. The fourth-order valence-corrected chi connectivity index (χ4v) is 4.55. The molecule has 2 amide bonds. The van der Waals surface area contributed by atoms with E-state index in [2.05, 4.69) is 15.4 Å². The molecule has 3 aromatic rings. The van der Waals surface area contributed by atoms with E-state index in [0.29, 0.717) is 17.1 Å². The number of fused-ring (bicyclic) bond motifs is 1. The average Bonchev–Trinajstić information content (AvgIpc) is 3.29. The van der Waals surface area contributed by atoms with E-state index in [1.54, 1.807) is 32.9 Å². The summed E-state index contributed by atoms with van der Waals surface area (Å²) in [7, 11) is -2.32. The molecule has 16 heteroatoms. The van der Waals surface area contributed by atoms with Crippen molar-refractivity contribution in [1.82, 2.24) is 19.9 Å². The molecule has 0 aliphatic heterocycles. The number of carbonyl (C=O) groups excluding carboxylic acids is 3. The normalized spacial score (nSPS) is 13.1. The number of rotatable bonds is 10. The standard InChI is InChI=1S/C27H34ClN5O9S/c1-8-9-19(29-25(35)42-27(3,4)5)23(34)40-16(2)41-26(36)33(24-30-22-13-10-17(28)15-32(22)31-24)20-12-11-18(43(7,37)38)14-21(20)39-6/h10-16,19H,8-9H2,1-7H3,(H,29,35). The molecule has 0 saturated heterocycles. The van der Waals surface area contributed by atoms with Crippen LogP contribution in [0.1, 0.15) is 47.5 Å². The predicted octanol–water partition coefficient (Wildman–Crippen LogP) is 4.65. The maximum absolute atomic E-state index is 13.6. The zero-order valence-corrected chi connectivity index (χ0v) is 26.4. The van der Waals surface area contributed by atoms with Gasteiger partial charge in [0.1, 0.15) is 17.4 Å². The van der Waals surface area contributed by atoms with Crippen LogP contribution in [-0.2, 0) is 28.8 Å². The summed E-state index contributed by atoms with van der Waals surface area (Å²) >= 11 is 6.07. The largest absolute Gasteiger partial charge is 0.495 e. The summed E-state index contributed by atoms with van der Waals surface area (Å²) in [5.41, 5.74) is -0.413. The van der Waals surface area contributed by atoms with Gasteiger partial charge in [0.05, 0.1) is 22.7 Å². The van der Waals surface area contributed by atoms with Crippen molar-refractivity contribution in [2.24, 2.45) is 0 Å². The van der Waals surface area contributed by atoms with Crippen LogP contribution in [0.3, 0.4) is 0 Å². The molecule has 2 atom stereocenters. The van der Waals surface area contributed by atoms with Gasteiger partial charge in [-0.05, 0) is 51.5 Å². The number of methoxy groups -OCH3 is 1. The lowest BCUT2D eigenvalue weighted by molar-refractivity contribution is -0.167. The number of carbonyl (C=O) groups is 3. The third kappa shape index (κ3) is 8.94. The van der Waals surface area contributed by atoms with Crippen molar-refractivity contribution in [2.45, 2.75) is 70.3 Å². The summed E-state index contributed by atoms with van der Waals surface area (Å²) in [5.74, 6) is -1.03. The van der Waals surface area contributed by atoms with Crippen LogP contribution in [-0.4, -0.2) is 72.5 Å². The lowest BCUT2D eigenvalue weighted by atomic mass is 10.1. The number of anilines is 2. The van der Waals surface area contributed by atoms with Gasteiger partial charge >= 0.3 is 18.2 Å². The Morgan fingerprint density at radius 2 is 1.84 bits per heavy atom. The SMILES string of the molecule is CCCC(NC(=O)OC(C)(C)C)C(=O)OC(C)OC(=O)N(c1nc2ccc(Cl)cn2n1)c1ccc(S(C)(=O)=O)cc1OC. The molecule has 43 heavy (non-hydrogen) atoms. The van der Waals surface area contributed by atoms with E-state index in [9.17, 15) is 22.8 Å². The molecule has 0 spiro atoms. The highest BCUT2D eigenvalue weighted by Crippen LogP contribution is 2.35. The number of nitrogens with one attached hydrogen (secondary N) is 1. The van der Waals surface area contributed by atoms with Gasteiger partial charge in [0, 0.05) is 25.4 Å². The molecule has 1 aromatic carbocycles. The number of hydrogen-bond acceptors (Lipinski definition) is 11. The molecule has 0 aliphatic carbocycles. The highest BCUT2D eigenvalue weighted by molar-refractivity contribution is 7.90. The first-order valence-electron chi connectivity index (χ1n) is 13.1. The molecule has 3 rings (SSSR count). The molecule has 0 aliphatic rings. The van der Waals surface area contributed by atoms with Crippen molar-refractivity contribution in [1.29, 1.82) is 0 Å². The Kier molecular flexibility index (Phi) is 10.5. The zero-order chi connectivity index (χ0) is 32.1. The third-order valence-corrected chi connectivity index (χ3v) is 6.92. The van der Waals surface area contributed by atoms with E-state index < -0.39 is 45.9 Å². The number of alkyl carbamates (subject to hydrolysis) is 1. The maximum Gasteiger partial charge on any atom is 0.424 e. The van der Waals surface area contributed by atoms with Crippen LogP contribution in [0, 0.1) is 0 Å². The first-order chi connectivity index (χ1) is 20.0. The van der Waals surface area contributed by atoms with E-state index >= 15 is 0 Å². The van der Waals surface area contributed by atoms with Crippen LogP contribution in [0.15, 0.2) is 41.4 Å². The molecule has 1 N–H and O–H groups in total. The Hall–Kier alpha value is -4.11. The first-order valence-corrected chi connectivity index (χ1v) is 15.4. The molecule has 14 nitrogen and oxygen atoms in total. The number of halogens is 1. The number of benzene rings is 1. The van der Waals surface area contributed by atoms with E-state index in [0.717, 1.165) is 11.2 Å². The quantitative estimate of drug-likeness (QED) is 0.242. The van der Waals surface area contributed by atoms with Gasteiger partial charge in [-0.25, -0.2) is 32.2 Å². The van der Waals surface area contributed by atoms with Crippen LogP contribution in [0.25, 0.3) is 5.65 Å². The van der Waals surface area contributed by atoms with Gasteiger partial charge in [0.15, 0.2) is 15.5 Å². The van der Waals surface area contributed by atoms with Crippen molar-refractivity contribution in [2.75, 3.05) is 18.3 Å². The highest BCUT2D eigenvalue weighted by atomic mass is 35.5. The Labute approximate surface area is 254 Å². The summed E-state index contributed by atoms with van der Waals surface area (Å²) < 4.78 is 47.0. The molecule has 0 saturated carbocycles. The van der Waals surface area contributed by atoms with Crippen LogP contribution in [0.5, 0.6) is 5.75 Å². The number of esters is 1. The predicted molar refractivity (Wildman–Crippen MR) is 156 cm³/mol. The summed E-state index contributed by atoms with van der Waals surface area (Å²) in [6, 6.07) is 5.93. The molecular weight excluding hydrogens is 606 g/mol. The Morgan fingerprint density at radius 1 is 1.14 bits per heavy atom. The smallest absolute Gasteiger partial charge is 0.424 e. The second-order valence-electron chi connectivity index (χ2n) is 10.4. The Bertz CT molecular complexity index is 1600. The topological polar surface area (TPSA) is 168 Å². The molecule has 2 heterocycles. The minimum absolute atomic E-state index is 0.00835. The van der Waals surface area contributed by atoms with Crippen LogP contribution in [0.2, 0.25) is 5.02 Å². The molecule has 0 fully saturated rings. The number of amides is 2. The average molecular weight is 640 g/mol. The summed E-state index contributed by atoms with van der Waals surface area (Å²) in [5, 5.41) is 7.13. The van der Waals surface area contributed by atoms with E-state index in [1.165, 1.54) is 42.9 Å². The van der Waals surface area contributed by atoms with Crippen molar-refractivity contribution in [3.8, 4) is 5.75 Å². The van der Waals surface area contributed by atoms with Crippen molar-refractivity contribution >= 4 is 56.9 Å². The van der Waals surface area contributed by atoms with E-state index in [-0.39, 0.29) is 28.7 Å². The van der Waals surface area contributed by atoms with Gasteiger partial charge in [0.25, 0.3) is 5.95 Å². The summed E-state index contributed by atoms with van der Waals surface area (Å²) in [4.78, 5) is 44.0. The van der Waals surface area contributed by atoms with E-state index in [4.69, 9.17) is 30.5 Å². The first kappa shape index (κ1) is 33.4. The van der Waals surface area contributed by atoms with Crippen molar-refractivity contribution in [3.63, 3.8) is 0 Å². The number of ether oxygens (including phenoxy) is 4. The number of hydrogen-bond donors (Lipinski definition) is 1. The fraction of sp³-hybridized carbons (Fsp3) is 0.444. The van der Waals surface area contributed by atoms with Crippen LogP contribution in [0.4, 0.5) is 21.2 Å². The highest BCUT2D eigenvalue weighted by Gasteiger charge is 2.32. The van der Waals surface area contributed by atoms with E-state index in [1.807, 2.05) is 6.92 Å². The molecule has 2 unspecified atom stereocenters. The third-order valence-electron chi connectivity index (χ3n) is 5.59. The van der Waals surface area contributed by atoms with Gasteiger partial charge in [0.2, 0.25) is 6.29 Å². The lowest BCUT2D eigenvalue weighted by Gasteiger charge is -2.25. The van der Waals surface area contributed by atoms with Gasteiger partial charge < -0.3 is 24.3 Å². The number of pyridine rings is 1. The van der Waals surface area contributed by atoms with Gasteiger partial charge in [-0.1, -0.05) is 24.9 Å². The Morgan fingerprint density at radius 3 is 2.44 bits per heavy atom. The summed E-state index contributed by atoms with van der Waals surface area (Å²) in [6.45, 7) is 8.18. The maximum atomic E-state index is 13.6. The summed E-state index contributed by atoms with van der Waals surface area (Å²) in [6.07, 6.45) is -0.0550.